The minimum atomic E-state index is -0.288. The molecule has 1 atom stereocenters. The van der Waals surface area contributed by atoms with Gasteiger partial charge in [-0.3, -0.25) is 9.69 Å². The van der Waals surface area contributed by atoms with Gasteiger partial charge in [0.05, 0.1) is 11.7 Å². The SMILES string of the molecule is O=C(Nc1c([C@@H](c2cccc(F)c2)N2CCCCC2)oc2ccccc12)c1ccccc1. The van der Waals surface area contributed by atoms with Crippen LogP contribution in [0.2, 0.25) is 0 Å². The third-order valence-electron chi connectivity index (χ3n) is 6.07. The van der Waals surface area contributed by atoms with Crippen molar-refractivity contribution in [3.8, 4) is 0 Å². The van der Waals surface area contributed by atoms with Crippen LogP contribution in [0.1, 0.15) is 47.0 Å². The average Bonchev–Trinajstić information content (AvgIpc) is 3.18. The Labute approximate surface area is 186 Å². The van der Waals surface area contributed by atoms with Crippen LogP contribution >= 0.6 is 0 Å². The van der Waals surface area contributed by atoms with Gasteiger partial charge in [-0.05, 0) is 67.9 Å². The zero-order valence-electron chi connectivity index (χ0n) is 17.8. The van der Waals surface area contributed by atoms with Gasteiger partial charge in [-0.25, -0.2) is 4.39 Å². The lowest BCUT2D eigenvalue weighted by molar-refractivity contribution is 0.102. The van der Waals surface area contributed by atoms with Gasteiger partial charge < -0.3 is 9.73 Å². The number of para-hydroxylation sites is 1. The summed E-state index contributed by atoms with van der Waals surface area (Å²) >= 11 is 0. The Kier molecular flexibility index (Phi) is 5.73. The van der Waals surface area contributed by atoms with E-state index in [9.17, 15) is 9.18 Å². The number of rotatable bonds is 5. The number of hydrogen-bond donors (Lipinski definition) is 1. The van der Waals surface area contributed by atoms with Crippen LogP contribution in [0.5, 0.6) is 0 Å². The highest BCUT2D eigenvalue weighted by Crippen LogP contribution is 2.41. The van der Waals surface area contributed by atoms with Crippen molar-refractivity contribution in [2.75, 3.05) is 18.4 Å². The zero-order chi connectivity index (χ0) is 21.9. The normalized spacial score (nSPS) is 15.5. The van der Waals surface area contributed by atoms with E-state index in [2.05, 4.69) is 10.2 Å². The van der Waals surface area contributed by atoms with E-state index in [-0.39, 0.29) is 17.8 Å². The summed E-state index contributed by atoms with van der Waals surface area (Å²) in [5.41, 5.74) is 2.74. The Morgan fingerprint density at radius 3 is 2.44 bits per heavy atom. The van der Waals surface area contributed by atoms with E-state index in [4.69, 9.17) is 4.42 Å². The third kappa shape index (κ3) is 4.04. The van der Waals surface area contributed by atoms with Crippen molar-refractivity contribution in [1.29, 1.82) is 0 Å². The van der Waals surface area contributed by atoms with Gasteiger partial charge in [0.1, 0.15) is 17.2 Å². The highest BCUT2D eigenvalue weighted by atomic mass is 19.1. The maximum atomic E-state index is 14.2. The Morgan fingerprint density at radius 2 is 1.66 bits per heavy atom. The van der Waals surface area contributed by atoms with Crippen molar-refractivity contribution in [1.82, 2.24) is 4.90 Å². The third-order valence-corrected chi connectivity index (χ3v) is 6.07. The first kappa shape index (κ1) is 20.5. The molecular weight excluding hydrogens is 403 g/mol. The van der Waals surface area contributed by atoms with E-state index in [0.717, 1.165) is 36.9 Å². The van der Waals surface area contributed by atoms with Crippen molar-refractivity contribution in [3.05, 3.63) is 102 Å². The smallest absolute Gasteiger partial charge is 0.255 e. The van der Waals surface area contributed by atoms with Gasteiger partial charge in [-0.2, -0.15) is 0 Å². The number of carbonyl (C=O) groups is 1. The molecule has 0 radical (unpaired) electrons. The molecule has 162 valence electrons. The number of fused-ring (bicyclic) bond motifs is 1. The fourth-order valence-corrected chi connectivity index (χ4v) is 4.54. The van der Waals surface area contributed by atoms with Crippen LogP contribution in [0.15, 0.2) is 83.3 Å². The van der Waals surface area contributed by atoms with Gasteiger partial charge in [0.2, 0.25) is 0 Å². The van der Waals surface area contributed by atoms with Gasteiger partial charge in [-0.1, -0.05) is 48.9 Å². The summed E-state index contributed by atoms with van der Waals surface area (Å²) in [5, 5.41) is 3.94. The topological polar surface area (TPSA) is 45.5 Å². The summed E-state index contributed by atoms with van der Waals surface area (Å²) in [5.74, 6) is 0.161. The standard InChI is InChI=1S/C27H25FN2O2/c28-21-13-9-12-20(18-21)25(30-16-7-2-8-17-30)26-24(22-14-5-6-15-23(22)32-26)29-27(31)19-10-3-1-4-11-19/h1,3-6,9-15,18,25H,2,7-8,16-17H2,(H,29,31)/t25-/m1/s1. The molecule has 3 aromatic carbocycles. The molecule has 1 amide bonds. The predicted octanol–water partition coefficient (Wildman–Crippen LogP) is 6.40. The van der Waals surface area contributed by atoms with Crippen molar-refractivity contribution in [3.63, 3.8) is 0 Å². The van der Waals surface area contributed by atoms with Gasteiger partial charge in [0, 0.05) is 10.9 Å². The Hall–Kier alpha value is -3.44. The first-order chi connectivity index (χ1) is 15.7. The summed E-state index contributed by atoms with van der Waals surface area (Å²) in [7, 11) is 0. The number of hydrogen-bond acceptors (Lipinski definition) is 3. The molecular formula is C27H25FN2O2. The molecule has 4 aromatic rings. The number of amides is 1. The number of likely N-dealkylation sites (tertiary alicyclic amines) is 1. The molecule has 0 aliphatic carbocycles. The number of anilines is 1. The number of nitrogens with zero attached hydrogens (tertiary/aromatic N) is 1. The molecule has 0 unspecified atom stereocenters. The van der Waals surface area contributed by atoms with Crippen LogP contribution < -0.4 is 5.32 Å². The molecule has 5 rings (SSSR count). The molecule has 4 nitrogen and oxygen atoms in total. The lowest BCUT2D eigenvalue weighted by Gasteiger charge is -2.34. The van der Waals surface area contributed by atoms with Gasteiger partial charge in [0.15, 0.2) is 0 Å². The molecule has 1 aliphatic heterocycles. The second-order valence-electron chi connectivity index (χ2n) is 8.21. The van der Waals surface area contributed by atoms with E-state index < -0.39 is 0 Å². The van der Waals surface area contributed by atoms with Crippen LogP contribution in [0.4, 0.5) is 10.1 Å². The fraction of sp³-hybridized carbons (Fsp3) is 0.222. The molecule has 0 saturated carbocycles. The second kappa shape index (κ2) is 8.97. The first-order valence-corrected chi connectivity index (χ1v) is 11.1. The maximum absolute atomic E-state index is 14.2. The summed E-state index contributed by atoms with van der Waals surface area (Å²) in [6.07, 6.45) is 3.35. The summed E-state index contributed by atoms with van der Waals surface area (Å²) in [4.78, 5) is 15.4. The minimum absolute atomic E-state index is 0.199. The van der Waals surface area contributed by atoms with Gasteiger partial charge >= 0.3 is 0 Å². The molecule has 1 fully saturated rings. The van der Waals surface area contributed by atoms with Crippen LogP contribution in [0, 0.1) is 5.82 Å². The van der Waals surface area contributed by atoms with Crippen LogP contribution in [-0.4, -0.2) is 23.9 Å². The lowest BCUT2D eigenvalue weighted by Crippen LogP contribution is -2.34. The molecule has 32 heavy (non-hydrogen) atoms. The molecule has 1 N–H and O–H groups in total. The van der Waals surface area contributed by atoms with E-state index >= 15 is 0 Å². The molecule has 2 heterocycles. The molecule has 5 heteroatoms. The fourth-order valence-electron chi connectivity index (χ4n) is 4.54. The van der Waals surface area contributed by atoms with E-state index in [1.54, 1.807) is 24.3 Å². The van der Waals surface area contributed by atoms with Crippen LogP contribution in [0.25, 0.3) is 11.0 Å². The molecule has 1 aromatic heterocycles. The van der Waals surface area contributed by atoms with E-state index in [1.807, 2.05) is 48.5 Å². The summed E-state index contributed by atoms with van der Waals surface area (Å²) in [6.45, 7) is 1.79. The Balaban J connectivity index is 1.64. The number of nitrogens with one attached hydrogen (secondary N) is 1. The predicted molar refractivity (Wildman–Crippen MR) is 124 cm³/mol. The molecule has 0 bridgehead atoms. The maximum Gasteiger partial charge on any atom is 0.255 e. The number of furan rings is 1. The number of piperidine rings is 1. The number of carbonyl (C=O) groups excluding carboxylic acids is 1. The molecule has 0 spiro atoms. The van der Waals surface area contributed by atoms with E-state index in [0.29, 0.717) is 22.6 Å². The Morgan fingerprint density at radius 1 is 0.906 bits per heavy atom. The van der Waals surface area contributed by atoms with Crippen molar-refractivity contribution >= 4 is 22.6 Å². The number of benzene rings is 3. The van der Waals surface area contributed by atoms with Crippen LogP contribution in [-0.2, 0) is 0 Å². The second-order valence-corrected chi connectivity index (χ2v) is 8.21. The van der Waals surface area contributed by atoms with Gasteiger partial charge in [-0.15, -0.1) is 0 Å². The number of halogens is 1. The van der Waals surface area contributed by atoms with E-state index in [1.165, 1.54) is 12.5 Å². The molecule has 1 saturated heterocycles. The first-order valence-electron chi connectivity index (χ1n) is 11.1. The minimum Gasteiger partial charge on any atom is -0.457 e. The van der Waals surface area contributed by atoms with Crippen molar-refractivity contribution in [2.45, 2.75) is 25.3 Å². The van der Waals surface area contributed by atoms with Crippen molar-refractivity contribution < 1.29 is 13.6 Å². The quantitative estimate of drug-likeness (QED) is 0.400. The zero-order valence-corrected chi connectivity index (χ0v) is 17.8. The van der Waals surface area contributed by atoms with Gasteiger partial charge in [0.25, 0.3) is 5.91 Å². The highest BCUT2D eigenvalue weighted by Gasteiger charge is 2.31. The van der Waals surface area contributed by atoms with Crippen molar-refractivity contribution in [2.24, 2.45) is 0 Å². The lowest BCUT2D eigenvalue weighted by atomic mass is 9.98. The Bertz CT molecular complexity index is 1230. The summed E-state index contributed by atoms with van der Waals surface area (Å²) in [6, 6.07) is 23.2. The average molecular weight is 429 g/mol. The molecule has 1 aliphatic rings. The highest BCUT2D eigenvalue weighted by molar-refractivity contribution is 6.09. The largest absolute Gasteiger partial charge is 0.457 e. The summed E-state index contributed by atoms with van der Waals surface area (Å²) < 4.78 is 20.6. The monoisotopic (exact) mass is 428 g/mol. The van der Waals surface area contributed by atoms with Crippen LogP contribution in [0.3, 0.4) is 0 Å².